The van der Waals surface area contributed by atoms with E-state index in [9.17, 15) is 9.00 Å². The summed E-state index contributed by atoms with van der Waals surface area (Å²) in [5, 5.41) is 5.44. The number of fused-ring (bicyclic) bond motifs is 1. The number of ether oxygens (including phenoxy) is 1. The Hall–Kier alpha value is -1.40. The third-order valence-electron chi connectivity index (χ3n) is 3.15. The van der Waals surface area contributed by atoms with Gasteiger partial charge in [0.25, 0.3) is 0 Å². The smallest absolute Gasteiger partial charge is 0.414 e. The highest BCUT2D eigenvalue weighted by Gasteiger charge is 2.30. The highest BCUT2D eigenvalue weighted by molar-refractivity contribution is 7.82. The van der Waals surface area contributed by atoms with Crippen molar-refractivity contribution in [2.75, 3.05) is 11.4 Å². The number of nitrogens with zero attached hydrogens (tertiary/aromatic N) is 1. The summed E-state index contributed by atoms with van der Waals surface area (Å²) in [5.74, 6) is 0. The number of anilines is 1. The highest BCUT2D eigenvalue weighted by atomic mass is 32.2. The van der Waals surface area contributed by atoms with Gasteiger partial charge in [0.1, 0.15) is 16.6 Å². The van der Waals surface area contributed by atoms with Crippen molar-refractivity contribution >= 4 is 22.8 Å². The number of aryl methyl sites for hydroxylation is 1. The van der Waals surface area contributed by atoms with Gasteiger partial charge in [0.05, 0.1) is 10.6 Å². The number of rotatable bonds is 1. The molecule has 1 aliphatic heterocycles. The lowest BCUT2D eigenvalue weighted by Gasteiger charge is -2.25. The summed E-state index contributed by atoms with van der Waals surface area (Å²) in [6, 6.07) is 3.53. The summed E-state index contributed by atoms with van der Waals surface area (Å²) < 4.78 is 16.9. The number of nitrogens with two attached hydrogens (primary N) is 1. The first-order chi connectivity index (χ1) is 11.2. The Balaban J connectivity index is 0.00000123. The third-order valence-corrected chi connectivity index (χ3v) is 3.85. The molecule has 0 bridgehead atoms. The van der Waals surface area contributed by atoms with Crippen molar-refractivity contribution in [2.24, 2.45) is 5.14 Å². The molecule has 1 aliphatic rings. The predicted octanol–water partition coefficient (Wildman–Crippen LogP) is 4.33. The number of carbonyl (C=O) groups excluding carboxylic acids is 1. The van der Waals surface area contributed by atoms with Gasteiger partial charge in [0, 0.05) is 6.54 Å². The molecular weight excluding hydrogens is 324 g/mol. The van der Waals surface area contributed by atoms with E-state index >= 15 is 0 Å². The Morgan fingerprint density at radius 3 is 2.21 bits per heavy atom. The molecule has 0 saturated carbocycles. The van der Waals surface area contributed by atoms with Crippen molar-refractivity contribution < 1.29 is 13.7 Å². The molecule has 2 N–H and O–H groups in total. The van der Waals surface area contributed by atoms with Crippen LogP contribution < -0.4 is 10.0 Å². The first-order valence-corrected chi connectivity index (χ1v) is 9.70. The molecule has 1 atom stereocenters. The van der Waals surface area contributed by atoms with Crippen molar-refractivity contribution in [2.45, 2.75) is 72.3 Å². The molecule has 0 fully saturated rings. The van der Waals surface area contributed by atoms with Gasteiger partial charge >= 0.3 is 6.09 Å². The second-order valence-electron chi connectivity index (χ2n) is 5.92. The van der Waals surface area contributed by atoms with Crippen LogP contribution in [0.5, 0.6) is 0 Å². The van der Waals surface area contributed by atoms with Crippen LogP contribution in [0.3, 0.4) is 0 Å². The summed E-state index contributed by atoms with van der Waals surface area (Å²) in [7, 11) is -1.56. The number of carbonyl (C=O) groups is 1. The molecule has 138 valence electrons. The lowest BCUT2D eigenvalue weighted by atomic mass is 10.1. The second-order valence-corrected chi connectivity index (χ2v) is 6.98. The van der Waals surface area contributed by atoms with E-state index in [2.05, 4.69) is 0 Å². The predicted molar refractivity (Wildman–Crippen MR) is 102 cm³/mol. The van der Waals surface area contributed by atoms with Gasteiger partial charge in [-0.15, -0.1) is 0 Å². The van der Waals surface area contributed by atoms with Crippen LogP contribution in [0.4, 0.5) is 10.5 Å². The van der Waals surface area contributed by atoms with E-state index in [4.69, 9.17) is 9.88 Å². The molecule has 1 amide bonds. The molecule has 2 rings (SSSR count). The SMILES string of the molecule is CC.CC.Cc1cc(S(N)=O)cc2c1CCN2C(=O)OC(C)(C)C. The number of hydrogen-bond donors (Lipinski definition) is 1. The summed E-state index contributed by atoms with van der Waals surface area (Å²) in [5.41, 5.74) is 2.31. The van der Waals surface area contributed by atoms with Crippen LogP contribution in [-0.4, -0.2) is 22.4 Å². The van der Waals surface area contributed by atoms with Crippen molar-refractivity contribution in [3.8, 4) is 0 Å². The Labute approximate surface area is 149 Å². The maximum absolute atomic E-state index is 12.2. The standard InChI is InChI=1S/C14H20N2O3S.2C2H6/c1-9-7-10(20(15)18)8-12-11(9)5-6-16(12)13(17)19-14(2,3)4;2*1-2/h7-8H,5-6,15H2,1-4H3;2*1-2H3. The fourth-order valence-corrected chi connectivity index (χ4v) is 2.82. The largest absolute Gasteiger partial charge is 0.443 e. The Kier molecular flexibility index (Phi) is 9.22. The monoisotopic (exact) mass is 356 g/mol. The fourth-order valence-electron chi connectivity index (χ4n) is 2.30. The van der Waals surface area contributed by atoms with Crippen LogP contribution in [0, 0.1) is 6.92 Å². The molecule has 0 aliphatic carbocycles. The van der Waals surface area contributed by atoms with Gasteiger partial charge in [0.15, 0.2) is 0 Å². The van der Waals surface area contributed by atoms with Gasteiger partial charge in [-0.25, -0.2) is 14.1 Å². The van der Waals surface area contributed by atoms with Crippen molar-refractivity contribution in [1.29, 1.82) is 0 Å². The average molecular weight is 357 g/mol. The molecule has 1 heterocycles. The van der Waals surface area contributed by atoms with Gasteiger partial charge < -0.3 is 4.74 Å². The quantitative estimate of drug-likeness (QED) is 0.814. The van der Waals surface area contributed by atoms with Crippen molar-refractivity contribution in [1.82, 2.24) is 0 Å². The molecular formula is C18H32N2O3S. The molecule has 6 heteroatoms. The second kappa shape index (κ2) is 9.79. The topological polar surface area (TPSA) is 72.6 Å². The van der Waals surface area contributed by atoms with Gasteiger partial charge in [-0.1, -0.05) is 27.7 Å². The Morgan fingerprint density at radius 2 is 1.75 bits per heavy atom. The molecule has 0 radical (unpaired) electrons. The van der Waals surface area contributed by atoms with Crippen LogP contribution in [0.1, 0.15) is 59.6 Å². The molecule has 1 unspecified atom stereocenters. The van der Waals surface area contributed by atoms with Gasteiger partial charge in [-0.3, -0.25) is 4.90 Å². The fraction of sp³-hybridized carbons (Fsp3) is 0.611. The molecule has 1 aromatic rings. The summed E-state index contributed by atoms with van der Waals surface area (Å²) in [6.07, 6.45) is 0.397. The van der Waals surface area contributed by atoms with Crippen LogP contribution >= 0.6 is 0 Å². The summed E-state index contributed by atoms with van der Waals surface area (Å²) in [4.78, 5) is 14.3. The van der Waals surface area contributed by atoms with Crippen LogP contribution in [-0.2, 0) is 22.1 Å². The first kappa shape index (κ1) is 22.6. The van der Waals surface area contributed by atoms with Crippen LogP contribution in [0.15, 0.2) is 17.0 Å². The van der Waals surface area contributed by atoms with E-state index in [1.165, 1.54) is 0 Å². The van der Waals surface area contributed by atoms with Gasteiger partial charge in [-0.2, -0.15) is 0 Å². The Bertz CT molecular complexity index is 580. The van der Waals surface area contributed by atoms with Crippen LogP contribution in [0.2, 0.25) is 0 Å². The van der Waals surface area contributed by atoms with Gasteiger partial charge in [0.2, 0.25) is 0 Å². The minimum absolute atomic E-state index is 0.379. The average Bonchev–Trinajstić information content (AvgIpc) is 2.94. The van der Waals surface area contributed by atoms with Crippen LogP contribution in [0.25, 0.3) is 0 Å². The van der Waals surface area contributed by atoms with E-state index in [1.54, 1.807) is 11.0 Å². The maximum atomic E-state index is 12.2. The van der Waals surface area contributed by atoms with E-state index in [-0.39, 0.29) is 6.09 Å². The minimum Gasteiger partial charge on any atom is -0.443 e. The minimum atomic E-state index is -1.56. The molecule has 0 aromatic heterocycles. The third kappa shape index (κ3) is 5.91. The zero-order valence-electron chi connectivity index (χ0n) is 16.2. The lowest BCUT2D eigenvalue weighted by molar-refractivity contribution is 0.0584. The molecule has 0 spiro atoms. The lowest BCUT2D eigenvalue weighted by Crippen LogP contribution is -2.35. The molecule has 0 saturated heterocycles. The zero-order chi connectivity index (χ0) is 19.1. The van der Waals surface area contributed by atoms with E-state index in [0.29, 0.717) is 11.4 Å². The van der Waals surface area contributed by atoms with Gasteiger partial charge in [-0.05, 0) is 57.4 Å². The normalized spacial score (nSPS) is 13.8. The Morgan fingerprint density at radius 1 is 1.21 bits per heavy atom. The zero-order valence-corrected chi connectivity index (χ0v) is 17.0. The van der Waals surface area contributed by atoms with Crippen molar-refractivity contribution in [3.63, 3.8) is 0 Å². The van der Waals surface area contributed by atoms with Crippen molar-refractivity contribution in [3.05, 3.63) is 23.3 Å². The molecule has 1 aromatic carbocycles. The molecule has 5 nitrogen and oxygen atoms in total. The number of amides is 1. The summed E-state index contributed by atoms with van der Waals surface area (Å²) >= 11 is 0. The highest BCUT2D eigenvalue weighted by Crippen LogP contribution is 2.33. The first-order valence-electron chi connectivity index (χ1n) is 8.49. The van der Waals surface area contributed by atoms with E-state index in [0.717, 1.165) is 23.2 Å². The maximum Gasteiger partial charge on any atom is 0.414 e. The van der Waals surface area contributed by atoms with E-state index < -0.39 is 16.6 Å². The number of hydrogen-bond acceptors (Lipinski definition) is 3. The van der Waals surface area contributed by atoms with E-state index in [1.807, 2.05) is 61.5 Å². The summed E-state index contributed by atoms with van der Waals surface area (Å²) in [6.45, 7) is 16.0. The number of benzene rings is 1. The molecule has 24 heavy (non-hydrogen) atoms.